The standard InChI is InChI=1S/C12H17BrN2/c13-11-8-10(9-14)4-5-12(11)15-6-2-1-3-7-15/h4-5,8H,1-3,6-7,9,14H2. The highest BCUT2D eigenvalue weighted by atomic mass is 79.9. The molecule has 0 aromatic heterocycles. The molecule has 1 fully saturated rings. The van der Waals surface area contributed by atoms with E-state index in [1.54, 1.807) is 0 Å². The molecule has 1 aromatic rings. The van der Waals surface area contributed by atoms with Crippen molar-refractivity contribution < 1.29 is 0 Å². The van der Waals surface area contributed by atoms with Gasteiger partial charge in [0.1, 0.15) is 0 Å². The van der Waals surface area contributed by atoms with Crippen molar-refractivity contribution in [3.05, 3.63) is 28.2 Å². The first kappa shape index (κ1) is 11.0. The molecule has 82 valence electrons. The second kappa shape index (κ2) is 4.99. The summed E-state index contributed by atoms with van der Waals surface area (Å²) in [7, 11) is 0. The third kappa shape index (κ3) is 2.52. The van der Waals surface area contributed by atoms with Crippen LogP contribution in [0.2, 0.25) is 0 Å². The van der Waals surface area contributed by atoms with Crippen LogP contribution in [-0.4, -0.2) is 13.1 Å². The van der Waals surface area contributed by atoms with E-state index in [-0.39, 0.29) is 0 Å². The lowest BCUT2D eigenvalue weighted by Gasteiger charge is -2.29. The quantitative estimate of drug-likeness (QED) is 0.894. The fraction of sp³-hybridized carbons (Fsp3) is 0.500. The van der Waals surface area contributed by atoms with Gasteiger partial charge in [0.05, 0.1) is 5.69 Å². The first-order valence-corrected chi connectivity index (χ1v) is 6.34. The Morgan fingerprint density at radius 2 is 1.93 bits per heavy atom. The fourth-order valence-corrected chi connectivity index (χ4v) is 2.75. The van der Waals surface area contributed by atoms with Gasteiger partial charge in [-0.1, -0.05) is 6.07 Å². The number of halogens is 1. The molecular weight excluding hydrogens is 252 g/mol. The fourth-order valence-electron chi connectivity index (χ4n) is 2.07. The second-order valence-electron chi connectivity index (χ2n) is 4.04. The maximum Gasteiger partial charge on any atom is 0.0510 e. The van der Waals surface area contributed by atoms with Gasteiger partial charge in [0.25, 0.3) is 0 Å². The number of piperidine rings is 1. The molecule has 0 bridgehead atoms. The van der Waals surface area contributed by atoms with Gasteiger partial charge in [-0.25, -0.2) is 0 Å². The van der Waals surface area contributed by atoms with Crippen molar-refractivity contribution in [2.75, 3.05) is 18.0 Å². The molecule has 3 heteroatoms. The van der Waals surface area contributed by atoms with E-state index >= 15 is 0 Å². The lowest BCUT2D eigenvalue weighted by atomic mass is 10.1. The maximum absolute atomic E-state index is 5.61. The molecule has 2 N–H and O–H groups in total. The molecule has 0 spiro atoms. The molecule has 1 aliphatic rings. The van der Waals surface area contributed by atoms with Gasteiger partial charge in [0.15, 0.2) is 0 Å². The molecule has 1 aromatic carbocycles. The minimum Gasteiger partial charge on any atom is -0.371 e. The van der Waals surface area contributed by atoms with Crippen LogP contribution >= 0.6 is 15.9 Å². The zero-order chi connectivity index (χ0) is 10.7. The smallest absolute Gasteiger partial charge is 0.0510 e. The molecule has 2 rings (SSSR count). The van der Waals surface area contributed by atoms with E-state index in [4.69, 9.17) is 5.73 Å². The maximum atomic E-state index is 5.61. The van der Waals surface area contributed by atoms with Crippen LogP contribution in [0.4, 0.5) is 5.69 Å². The highest BCUT2D eigenvalue weighted by molar-refractivity contribution is 9.10. The molecule has 0 radical (unpaired) electrons. The molecule has 0 atom stereocenters. The van der Waals surface area contributed by atoms with Crippen LogP contribution < -0.4 is 10.6 Å². The highest BCUT2D eigenvalue weighted by Crippen LogP contribution is 2.29. The van der Waals surface area contributed by atoms with Gasteiger partial charge in [-0.15, -0.1) is 0 Å². The zero-order valence-corrected chi connectivity index (χ0v) is 10.5. The third-order valence-corrected chi connectivity index (χ3v) is 3.58. The summed E-state index contributed by atoms with van der Waals surface area (Å²) in [5, 5.41) is 0. The molecule has 0 unspecified atom stereocenters. The summed E-state index contributed by atoms with van der Waals surface area (Å²) < 4.78 is 1.17. The number of nitrogens with zero attached hydrogens (tertiary/aromatic N) is 1. The molecule has 0 aliphatic carbocycles. The minimum absolute atomic E-state index is 0.610. The Morgan fingerprint density at radius 1 is 1.20 bits per heavy atom. The predicted molar refractivity (Wildman–Crippen MR) is 68.1 cm³/mol. The Hall–Kier alpha value is -0.540. The topological polar surface area (TPSA) is 29.3 Å². The monoisotopic (exact) mass is 268 g/mol. The molecule has 0 amide bonds. The first-order valence-electron chi connectivity index (χ1n) is 5.54. The molecule has 1 heterocycles. The van der Waals surface area contributed by atoms with Gasteiger partial charge in [0.2, 0.25) is 0 Å². The van der Waals surface area contributed by atoms with Crippen LogP contribution in [-0.2, 0) is 6.54 Å². The molecule has 1 aliphatic heterocycles. The van der Waals surface area contributed by atoms with E-state index in [1.807, 2.05) is 0 Å². The number of rotatable bonds is 2. The molecule has 1 saturated heterocycles. The van der Waals surface area contributed by atoms with Gasteiger partial charge in [-0.05, 0) is 52.9 Å². The Morgan fingerprint density at radius 3 is 2.53 bits per heavy atom. The van der Waals surface area contributed by atoms with Crippen molar-refractivity contribution in [1.29, 1.82) is 0 Å². The summed E-state index contributed by atoms with van der Waals surface area (Å²) in [5.74, 6) is 0. The van der Waals surface area contributed by atoms with Gasteiger partial charge < -0.3 is 10.6 Å². The Balaban J connectivity index is 2.19. The second-order valence-corrected chi connectivity index (χ2v) is 4.89. The van der Waals surface area contributed by atoms with E-state index in [0.717, 1.165) is 0 Å². The van der Waals surface area contributed by atoms with Crippen LogP contribution in [0.15, 0.2) is 22.7 Å². The summed E-state index contributed by atoms with van der Waals surface area (Å²) >= 11 is 3.63. The van der Waals surface area contributed by atoms with Crippen molar-refractivity contribution in [3.8, 4) is 0 Å². The predicted octanol–water partition coefficient (Wildman–Crippen LogP) is 2.90. The summed E-state index contributed by atoms with van der Waals surface area (Å²) in [6.45, 7) is 2.97. The summed E-state index contributed by atoms with van der Waals surface area (Å²) in [6, 6.07) is 6.43. The lowest BCUT2D eigenvalue weighted by molar-refractivity contribution is 0.577. The number of hydrogen-bond acceptors (Lipinski definition) is 2. The van der Waals surface area contributed by atoms with Gasteiger partial charge >= 0.3 is 0 Å². The van der Waals surface area contributed by atoms with Crippen LogP contribution in [0.5, 0.6) is 0 Å². The first-order chi connectivity index (χ1) is 7.31. The van der Waals surface area contributed by atoms with Crippen molar-refractivity contribution in [1.82, 2.24) is 0 Å². The van der Waals surface area contributed by atoms with Crippen LogP contribution in [0.1, 0.15) is 24.8 Å². The van der Waals surface area contributed by atoms with Crippen LogP contribution in [0.25, 0.3) is 0 Å². The number of benzene rings is 1. The molecular formula is C12H17BrN2. The van der Waals surface area contributed by atoms with E-state index in [0.29, 0.717) is 6.54 Å². The number of nitrogens with two attached hydrogens (primary N) is 1. The van der Waals surface area contributed by atoms with Gasteiger partial charge in [0, 0.05) is 24.1 Å². The van der Waals surface area contributed by atoms with Crippen molar-refractivity contribution in [3.63, 3.8) is 0 Å². The van der Waals surface area contributed by atoms with Crippen molar-refractivity contribution >= 4 is 21.6 Å². The van der Waals surface area contributed by atoms with Crippen molar-refractivity contribution in [2.24, 2.45) is 5.73 Å². The van der Waals surface area contributed by atoms with E-state index in [1.165, 1.54) is 48.1 Å². The van der Waals surface area contributed by atoms with Gasteiger partial charge in [-0.2, -0.15) is 0 Å². The Kier molecular flexibility index (Phi) is 3.65. The van der Waals surface area contributed by atoms with Gasteiger partial charge in [-0.3, -0.25) is 0 Å². The SMILES string of the molecule is NCc1ccc(N2CCCCC2)c(Br)c1. The van der Waals surface area contributed by atoms with Crippen molar-refractivity contribution in [2.45, 2.75) is 25.8 Å². The lowest BCUT2D eigenvalue weighted by Crippen LogP contribution is -2.29. The Bertz CT molecular complexity index is 332. The average Bonchev–Trinajstić information content (AvgIpc) is 2.30. The van der Waals surface area contributed by atoms with E-state index < -0.39 is 0 Å². The third-order valence-electron chi connectivity index (χ3n) is 2.94. The normalized spacial score (nSPS) is 16.8. The summed E-state index contributed by atoms with van der Waals surface area (Å²) in [4.78, 5) is 2.45. The molecule has 2 nitrogen and oxygen atoms in total. The Labute approximate surface area is 99.6 Å². The van der Waals surface area contributed by atoms with Crippen LogP contribution in [0, 0.1) is 0 Å². The zero-order valence-electron chi connectivity index (χ0n) is 8.88. The largest absolute Gasteiger partial charge is 0.371 e. The average molecular weight is 269 g/mol. The summed E-state index contributed by atoms with van der Waals surface area (Å²) in [5.41, 5.74) is 8.11. The minimum atomic E-state index is 0.610. The number of hydrogen-bond donors (Lipinski definition) is 1. The molecule has 0 saturated carbocycles. The van der Waals surface area contributed by atoms with Crippen LogP contribution in [0.3, 0.4) is 0 Å². The highest BCUT2D eigenvalue weighted by Gasteiger charge is 2.13. The van der Waals surface area contributed by atoms with E-state index in [2.05, 4.69) is 39.0 Å². The van der Waals surface area contributed by atoms with E-state index in [9.17, 15) is 0 Å². The molecule has 15 heavy (non-hydrogen) atoms. The number of anilines is 1. The summed E-state index contributed by atoms with van der Waals surface area (Å²) in [6.07, 6.45) is 3.99.